The van der Waals surface area contributed by atoms with Gasteiger partial charge in [-0.15, -0.1) is 0 Å². The first-order valence-corrected chi connectivity index (χ1v) is 7.41. The fourth-order valence-corrected chi connectivity index (χ4v) is 3.51. The minimum atomic E-state index is 0.605. The molecule has 1 aromatic heterocycles. The van der Waals surface area contributed by atoms with Gasteiger partial charge in [-0.3, -0.25) is 9.80 Å². The van der Waals surface area contributed by atoms with Crippen molar-refractivity contribution in [2.75, 3.05) is 19.6 Å². The Kier molecular flexibility index (Phi) is 3.58. The molecule has 19 heavy (non-hydrogen) atoms. The average Bonchev–Trinajstić information content (AvgIpc) is 2.96. The Labute approximate surface area is 115 Å². The summed E-state index contributed by atoms with van der Waals surface area (Å²) in [5.41, 5.74) is 0. The first kappa shape index (κ1) is 13.1. The zero-order valence-electron chi connectivity index (χ0n) is 12.2. The van der Waals surface area contributed by atoms with Crippen molar-refractivity contribution in [3.8, 4) is 0 Å². The summed E-state index contributed by atoms with van der Waals surface area (Å²) in [4.78, 5) is 9.58. The van der Waals surface area contributed by atoms with Gasteiger partial charge in [0, 0.05) is 32.1 Å². The molecular formula is C14H24N4O. The molecule has 2 aliphatic rings. The summed E-state index contributed by atoms with van der Waals surface area (Å²) in [6.45, 7) is 10.9. The molecule has 0 saturated carbocycles. The lowest BCUT2D eigenvalue weighted by atomic mass is 9.97. The Bertz CT molecular complexity index is 431. The second-order valence-corrected chi connectivity index (χ2v) is 6.26. The van der Waals surface area contributed by atoms with Crippen LogP contribution in [0.2, 0.25) is 0 Å². The van der Waals surface area contributed by atoms with Crippen LogP contribution in [0.25, 0.3) is 0 Å². The number of rotatable bonds is 3. The van der Waals surface area contributed by atoms with Crippen LogP contribution in [0.5, 0.6) is 0 Å². The van der Waals surface area contributed by atoms with Crippen LogP contribution in [0.1, 0.15) is 38.4 Å². The summed E-state index contributed by atoms with van der Waals surface area (Å²) < 4.78 is 5.09. The molecule has 106 valence electrons. The van der Waals surface area contributed by atoms with Crippen molar-refractivity contribution in [3.63, 3.8) is 0 Å². The van der Waals surface area contributed by atoms with Gasteiger partial charge in [0.15, 0.2) is 5.82 Å². The van der Waals surface area contributed by atoms with E-state index in [1.165, 1.54) is 25.9 Å². The van der Waals surface area contributed by atoms with Gasteiger partial charge < -0.3 is 4.52 Å². The summed E-state index contributed by atoms with van der Waals surface area (Å²) in [5.74, 6) is 2.15. The molecule has 0 amide bonds. The smallest absolute Gasteiger partial charge is 0.223 e. The molecule has 0 N–H and O–H groups in total. The van der Waals surface area contributed by atoms with E-state index in [0.29, 0.717) is 17.9 Å². The Balaban J connectivity index is 1.73. The first-order valence-electron chi connectivity index (χ1n) is 7.41. The summed E-state index contributed by atoms with van der Waals surface area (Å²) in [5, 5.41) is 4.05. The Morgan fingerprint density at radius 2 is 2.21 bits per heavy atom. The molecule has 1 aromatic rings. The molecule has 0 aliphatic carbocycles. The largest absolute Gasteiger partial charge is 0.340 e. The number of hydrogen-bond donors (Lipinski definition) is 0. The zero-order chi connectivity index (χ0) is 13.4. The number of fused-ring (bicyclic) bond motifs is 1. The Hall–Kier alpha value is -0.940. The van der Waals surface area contributed by atoms with E-state index in [9.17, 15) is 0 Å². The van der Waals surface area contributed by atoms with Gasteiger partial charge in [0.25, 0.3) is 0 Å². The molecule has 2 aliphatic heterocycles. The van der Waals surface area contributed by atoms with E-state index >= 15 is 0 Å². The van der Waals surface area contributed by atoms with Crippen LogP contribution in [0, 0.1) is 12.8 Å². The van der Waals surface area contributed by atoms with Crippen LogP contribution < -0.4 is 0 Å². The van der Waals surface area contributed by atoms with E-state index in [1.54, 1.807) is 0 Å². The molecule has 0 bridgehead atoms. The van der Waals surface area contributed by atoms with Gasteiger partial charge in [0.1, 0.15) is 0 Å². The Morgan fingerprint density at radius 1 is 1.37 bits per heavy atom. The van der Waals surface area contributed by atoms with Crippen LogP contribution >= 0.6 is 0 Å². The highest BCUT2D eigenvalue weighted by Gasteiger charge is 2.37. The third kappa shape index (κ3) is 2.67. The summed E-state index contributed by atoms with van der Waals surface area (Å²) in [6, 6.07) is 1.34. The predicted molar refractivity (Wildman–Crippen MR) is 72.7 cm³/mol. The molecule has 0 spiro atoms. The summed E-state index contributed by atoms with van der Waals surface area (Å²) in [7, 11) is 0. The normalized spacial score (nSPS) is 29.1. The van der Waals surface area contributed by atoms with Gasteiger partial charge in [0.05, 0.1) is 6.54 Å². The van der Waals surface area contributed by atoms with Crippen molar-refractivity contribution in [1.82, 2.24) is 19.9 Å². The van der Waals surface area contributed by atoms with Gasteiger partial charge in [0.2, 0.25) is 5.89 Å². The van der Waals surface area contributed by atoms with E-state index in [1.807, 2.05) is 6.92 Å². The molecule has 3 heterocycles. The number of aryl methyl sites for hydroxylation is 1. The van der Waals surface area contributed by atoms with Gasteiger partial charge in [-0.2, -0.15) is 4.98 Å². The number of nitrogens with zero attached hydrogens (tertiary/aromatic N) is 4. The SMILES string of the molecule is Cc1nc(CN2CC3CCCN3CC2C(C)C)no1. The quantitative estimate of drug-likeness (QED) is 0.831. The third-order valence-corrected chi connectivity index (χ3v) is 4.52. The minimum absolute atomic E-state index is 0.605. The van der Waals surface area contributed by atoms with Crippen LogP contribution in [0.3, 0.4) is 0 Å². The molecule has 0 aromatic carbocycles. The summed E-state index contributed by atoms with van der Waals surface area (Å²) >= 11 is 0. The van der Waals surface area contributed by atoms with Crippen molar-refractivity contribution < 1.29 is 4.52 Å². The van der Waals surface area contributed by atoms with Gasteiger partial charge in [-0.05, 0) is 25.3 Å². The third-order valence-electron chi connectivity index (χ3n) is 4.52. The lowest BCUT2D eigenvalue weighted by molar-refractivity contribution is 0.0219. The predicted octanol–water partition coefficient (Wildman–Crippen LogP) is 1.68. The summed E-state index contributed by atoms with van der Waals surface area (Å²) in [6.07, 6.45) is 2.69. The van der Waals surface area contributed by atoms with Crippen molar-refractivity contribution >= 4 is 0 Å². The Morgan fingerprint density at radius 3 is 2.89 bits per heavy atom. The molecule has 0 radical (unpaired) electrons. The molecule has 5 nitrogen and oxygen atoms in total. The zero-order valence-corrected chi connectivity index (χ0v) is 12.2. The van der Waals surface area contributed by atoms with E-state index in [0.717, 1.165) is 25.0 Å². The maximum absolute atomic E-state index is 5.09. The van der Waals surface area contributed by atoms with Gasteiger partial charge in [-0.25, -0.2) is 0 Å². The minimum Gasteiger partial charge on any atom is -0.340 e. The highest BCUT2D eigenvalue weighted by Crippen LogP contribution is 2.28. The average molecular weight is 264 g/mol. The van der Waals surface area contributed by atoms with Gasteiger partial charge in [-0.1, -0.05) is 19.0 Å². The van der Waals surface area contributed by atoms with Crippen molar-refractivity contribution in [3.05, 3.63) is 11.7 Å². The van der Waals surface area contributed by atoms with E-state index in [4.69, 9.17) is 4.52 Å². The number of aromatic nitrogens is 2. The maximum Gasteiger partial charge on any atom is 0.223 e. The van der Waals surface area contributed by atoms with Crippen molar-refractivity contribution in [1.29, 1.82) is 0 Å². The molecule has 3 rings (SSSR count). The molecule has 2 saturated heterocycles. The monoisotopic (exact) mass is 264 g/mol. The van der Waals surface area contributed by atoms with E-state index < -0.39 is 0 Å². The standard InChI is InChI=1S/C14H24N4O/c1-10(2)13-8-17-6-4-5-12(17)7-18(13)9-14-15-11(3)19-16-14/h10,12-13H,4-9H2,1-3H3. The molecule has 2 atom stereocenters. The number of piperazine rings is 1. The lowest BCUT2D eigenvalue weighted by Gasteiger charge is -2.45. The molecular weight excluding hydrogens is 240 g/mol. The second kappa shape index (κ2) is 5.21. The van der Waals surface area contributed by atoms with Gasteiger partial charge >= 0.3 is 0 Å². The topological polar surface area (TPSA) is 45.4 Å². The molecule has 2 fully saturated rings. The maximum atomic E-state index is 5.09. The van der Waals surface area contributed by atoms with Crippen molar-refractivity contribution in [2.45, 2.75) is 52.2 Å². The first-order chi connectivity index (χ1) is 9.13. The highest BCUT2D eigenvalue weighted by molar-refractivity contribution is 4.95. The van der Waals surface area contributed by atoms with Crippen LogP contribution in [0.15, 0.2) is 4.52 Å². The van der Waals surface area contributed by atoms with E-state index in [-0.39, 0.29) is 0 Å². The highest BCUT2D eigenvalue weighted by atomic mass is 16.5. The molecule has 5 heteroatoms. The molecule has 2 unspecified atom stereocenters. The number of hydrogen-bond acceptors (Lipinski definition) is 5. The fourth-order valence-electron chi connectivity index (χ4n) is 3.51. The van der Waals surface area contributed by atoms with E-state index in [2.05, 4.69) is 33.8 Å². The fraction of sp³-hybridized carbons (Fsp3) is 0.857. The van der Waals surface area contributed by atoms with Crippen LogP contribution in [-0.2, 0) is 6.54 Å². The second-order valence-electron chi connectivity index (χ2n) is 6.26. The van der Waals surface area contributed by atoms with Crippen LogP contribution in [-0.4, -0.2) is 51.7 Å². The lowest BCUT2D eigenvalue weighted by Crippen LogP contribution is -2.57. The van der Waals surface area contributed by atoms with Crippen molar-refractivity contribution in [2.24, 2.45) is 5.92 Å². The van der Waals surface area contributed by atoms with Crippen LogP contribution in [0.4, 0.5) is 0 Å².